The Hall–Kier alpha value is -2.65. The molecule has 0 aliphatic carbocycles. The van der Waals surface area contributed by atoms with Gasteiger partial charge in [-0.05, 0) is 59.9 Å². The molecule has 3 heteroatoms. The van der Waals surface area contributed by atoms with E-state index in [1.807, 2.05) is 0 Å². The second kappa shape index (κ2) is 7.17. The van der Waals surface area contributed by atoms with Crippen LogP contribution in [0.5, 0.6) is 11.5 Å². The first kappa shape index (κ1) is 22.2. The van der Waals surface area contributed by atoms with E-state index in [0.717, 1.165) is 17.9 Å². The Labute approximate surface area is 199 Å². The molecule has 0 saturated carbocycles. The van der Waals surface area contributed by atoms with Gasteiger partial charge in [-0.15, -0.1) is 0 Å². The highest BCUT2D eigenvalue weighted by molar-refractivity contribution is 6.88. The molecule has 1 aromatic heterocycles. The minimum Gasteiger partial charge on any atom is -0.450 e. The van der Waals surface area contributed by atoms with Gasteiger partial charge in [-0.2, -0.15) is 4.57 Å². The molecule has 2 heterocycles. The van der Waals surface area contributed by atoms with E-state index in [1.165, 1.54) is 54.8 Å². The molecular weight excluding hydrogens is 418 g/mol. The highest BCUT2D eigenvalue weighted by Crippen LogP contribution is 2.48. The summed E-state index contributed by atoms with van der Waals surface area (Å²) in [4.78, 5) is 0. The summed E-state index contributed by atoms with van der Waals surface area (Å²) in [7, 11) is 0.789. The molecular formula is C30H36NOSi+. The number of ether oxygens (including phenoxy) is 1. The summed E-state index contributed by atoms with van der Waals surface area (Å²) in [5.74, 6) is 1.96. The lowest BCUT2D eigenvalue weighted by atomic mass is 9.85. The van der Waals surface area contributed by atoms with Gasteiger partial charge in [0.15, 0.2) is 5.75 Å². The monoisotopic (exact) mass is 454 g/mol. The van der Waals surface area contributed by atoms with Gasteiger partial charge in [-0.25, -0.2) is 0 Å². The van der Waals surface area contributed by atoms with E-state index in [9.17, 15) is 0 Å². The van der Waals surface area contributed by atoms with Crippen molar-refractivity contribution >= 4 is 34.9 Å². The molecule has 0 amide bonds. The van der Waals surface area contributed by atoms with Crippen LogP contribution >= 0.6 is 0 Å². The van der Waals surface area contributed by atoms with Gasteiger partial charge < -0.3 is 4.74 Å². The van der Waals surface area contributed by atoms with Crippen LogP contribution in [0.15, 0.2) is 42.5 Å². The minimum atomic E-state index is -1.40. The zero-order valence-electron chi connectivity index (χ0n) is 21.6. The Balaban J connectivity index is 1.83. The van der Waals surface area contributed by atoms with Crippen LogP contribution in [-0.2, 0) is 13.5 Å². The summed E-state index contributed by atoms with van der Waals surface area (Å²) in [5, 5.41) is 5.27. The third-order valence-corrected chi connectivity index (χ3v) is 9.13. The molecule has 2 nitrogen and oxygen atoms in total. The van der Waals surface area contributed by atoms with Crippen LogP contribution in [-0.4, -0.2) is 8.07 Å². The molecule has 0 saturated heterocycles. The molecule has 1 aliphatic rings. The van der Waals surface area contributed by atoms with Gasteiger partial charge in [0.2, 0.25) is 5.52 Å². The number of pyridine rings is 1. The molecule has 0 unspecified atom stereocenters. The van der Waals surface area contributed by atoms with Crippen molar-refractivity contribution in [2.24, 2.45) is 12.5 Å². The van der Waals surface area contributed by atoms with Crippen LogP contribution in [0.4, 0.5) is 0 Å². The Bertz CT molecular complexity index is 1450. The van der Waals surface area contributed by atoms with E-state index >= 15 is 0 Å². The molecule has 4 aromatic rings. The Morgan fingerprint density at radius 3 is 2.27 bits per heavy atom. The minimum absolute atomic E-state index is 0.228. The number of aryl methyl sites for hydroxylation is 2. The van der Waals surface area contributed by atoms with Crippen LogP contribution < -0.4 is 14.5 Å². The topological polar surface area (TPSA) is 13.1 Å². The second-order valence-electron chi connectivity index (χ2n) is 12.2. The van der Waals surface area contributed by atoms with E-state index in [2.05, 4.69) is 108 Å². The highest BCUT2D eigenvalue weighted by Gasteiger charge is 2.32. The number of benzene rings is 3. The molecule has 5 rings (SSSR count). The smallest absolute Gasteiger partial charge is 0.256 e. The van der Waals surface area contributed by atoms with E-state index in [1.54, 1.807) is 0 Å². The molecule has 0 spiro atoms. The molecule has 170 valence electrons. The standard InChI is InChI=1S/C30H36NOSi/c1-18-12-22-13-20(17-30(3,4)5)14-25-28(22)27(19(18)2)29-26(32-25)16-21-15-23(33(7,8)9)10-11-24(21)31(29)6/h10-16H,17H2,1-9H3/q+1. The number of fused-ring (bicyclic) bond motifs is 3. The van der Waals surface area contributed by atoms with Crippen molar-refractivity contribution < 1.29 is 9.30 Å². The molecule has 0 fully saturated rings. The summed E-state index contributed by atoms with van der Waals surface area (Å²) in [6.07, 6.45) is 1.03. The van der Waals surface area contributed by atoms with Gasteiger partial charge in [-0.3, -0.25) is 0 Å². The third-order valence-electron chi connectivity index (χ3n) is 7.08. The van der Waals surface area contributed by atoms with Crippen molar-refractivity contribution in [2.75, 3.05) is 0 Å². The summed E-state index contributed by atoms with van der Waals surface area (Å²) in [5.41, 5.74) is 8.00. The normalized spacial score (nSPS) is 13.4. The van der Waals surface area contributed by atoms with E-state index in [4.69, 9.17) is 4.74 Å². The molecule has 1 aliphatic heterocycles. The first-order valence-corrected chi connectivity index (χ1v) is 15.6. The van der Waals surface area contributed by atoms with Crippen LogP contribution in [0.1, 0.15) is 37.5 Å². The number of hydrogen-bond acceptors (Lipinski definition) is 1. The van der Waals surface area contributed by atoms with Gasteiger partial charge >= 0.3 is 0 Å². The lowest BCUT2D eigenvalue weighted by molar-refractivity contribution is -0.633. The van der Waals surface area contributed by atoms with Gasteiger partial charge in [0.25, 0.3) is 5.69 Å². The van der Waals surface area contributed by atoms with Crippen molar-refractivity contribution in [3.05, 3.63) is 59.2 Å². The summed E-state index contributed by atoms with van der Waals surface area (Å²) in [6.45, 7) is 18.6. The predicted octanol–water partition coefficient (Wildman–Crippen LogP) is 7.34. The van der Waals surface area contributed by atoms with Crippen LogP contribution in [0.2, 0.25) is 19.6 Å². The van der Waals surface area contributed by atoms with Crippen molar-refractivity contribution in [1.29, 1.82) is 0 Å². The molecule has 0 N–H and O–H groups in total. The van der Waals surface area contributed by atoms with E-state index in [-0.39, 0.29) is 5.41 Å². The summed E-state index contributed by atoms with van der Waals surface area (Å²) < 4.78 is 9.04. The summed E-state index contributed by atoms with van der Waals surface area (Å²) >= 11 is 0. The molecule has 3 aromatic carbocycles. The predicted molar refractivity (Wildman–Crippen MR) is 144 cm³/mol. The molecule has 33 heavy (non-hydrogen) atoms. The van der Waals surface area contributed by atoms with Gasteiger partial charge in [0.1, 0.15) is 12.8 Å². The fraction of sp³-hybridized carbons (Fsp3) is 0.367. The zero-order valence-corrected chi connectivity index (χ0v) is 22.6. The van der Waals surface area contributed by atoms with Crippen molar-refractivity contribution in [2.45, 2.75) is 60.7 Å². The Kier molecular flexibility index (Phi) is 4.81. The van der Waals surface area contributed by atoms with Gasteiger partial charge in [0, 0.05) is 22.9 Å². The van der Waals surface area contributed by atoms with E-state index in [0.29, 0.717) is 0 Å². The second-order valence-corrected chi connectivity index (χ2v) is 17.2. The quantitative estimate of drug-likeness (QED) is 0.201. The Morgan fingerprint density at radius 2 is 1.61 bits per heavy atom. The van der Waals surface area contributed by atoms with Crippen molar-refractivity contribution in [1.82, 2.24) is 0 Å². The molecule has 0 atom stereocenters. The zero-order chi connectivity index (χ0) is 23.9. The maximum absolute atomic E-state index is 6.70. The fourth-order valence-electron chi connectivity index (χ4n) is 5.32. The SMILES string of the molecule is Cc1cc2cc(CC(C)(C)C)cc3c2c(c1C)-c1c(cc2cc([Si](C)(C)C)ccc2[n+]1C)O3. The lowest BCUT2D eigenvalue weighted by Gasteiger charge is -2.25. The number of aromatic nitrogens is 1. The number of nitrogens with zero attached hydrogens (tertiary/aromatic N) is 1. The van der Waals surface area contributed by atoms with Gasteiger partial charge in [0.05, 0.1) is 13.6 Å². The maximum Gasteiger partial charge on any atom is 0.256 e. The molecule has 0 radical (unpaired) electrons. The van der Waals surface area contributed by atoms with Crippen LogP contribution in [0, 0.1) is 19.3 Å². The number of hydrogen-bond donors (Lipinski definition) is 0. The first-order valence-electron chi connectivity index (χ1n) is 12.1. The average Bonchev–Trinajstić information content (AvgIpc) is 2.68. The van der Waals surface area contributed by atoms with Crippen molar-refractivity contribution in [3.63, 3.8) is 0 Å². The molecule has 0 bridgehead atoms. The first-order chi connectivity index (χ1) is 15.3. The Morgan fingerprint density at radius 1 is 0.879 bits per heavy atom. The fourth-order valence-corrected chi connectivity index (χ4v) is 6.49. The van der Waals surface area contributed by atoms with E-state index < -0.39 is 8.07 Å². The summed E-state index contributed by atoms with van der Waals surface area (Å²) in [6, 6.07) is 16.3. The van der Waals surface area contributed by atoms with Crippen molar-refractivity contribution in [3.8, 4) is 22.8 Å². The number of rotatable bonds is 2. The lowest BCUT2D eigenvalue weighted by Crippen LogP contribution is -2.39. The maximum atomic E-state index is 6.70. The van der Waals surface area contributed by atoms with Crippen LogP contribution in [0.25, 0.3) is 32.9 Å². The van der Waals surface area contributed by atoms with Crippen LogP contribution in [0.3, 0.4) is 0 Å². The van der Waals surface area contributed by atoms with Gasteiger partial charge in [-0.1, -0.05) is 63.8 Å². The average molecular weight is 455 g/mol. The third kappa shape index (κ3) is 3.67. The largest absolute Gasteiger partial charge is 0.450 e. The highest BCUT2D eigenvalue weighted by atomic mass is 28.3.